The Morgan fingerprint density at radius 3 is 2.47 bits per heavy atom. The number of hydrogen-bond donors (Lipinski definition) is 0. The minimum absolute atomic E-state index is 0.243. The largest absolute Gasteiger partial charge is 0.298 e. The topological polar surface area (TPSA) is 17.1 Å². The molecule has 0 radical (unpaired) electrons. The highest BCUT2D eigenvalue weighted by Gasteiger charge is 2.21. The zero-order valence-corrected chi connectivity index (χ0v) is 10.8. The molecule has 0 aromatic heterocycles. The maximum Gasteiger partial charge on any atom is 0.148 e. The van der Waals surface area contributed by atoms with Crippen molar-refractivity contribution in [1.82, 2.24) is 0 Å². The summed E-state index contributed by atoms with van der Waals surface area (Å²) in [4.78, 5) is 12.7. The monoisotopic (exact) mass is 242 g/mol. The molecule has 0 fully saturated rings. The van der Waals surface area contributed by atoms with Gasteiger partial charge in [0.15, 0.2) is 0 Å². The second kappa shape index (κ2) is 5.04. The van der Waals surface area contributed by atoms with Gasteiger partial charge in [-0.15, -0.1) is 11.8 Å². The third-order valence-electron chi connectivity index (χ3n) is 2.03. The number of benzene rings is 1. The summed E-state index contributed by atoms with van der Waals surface area (Å²) in [5, 5.41) is 0.712. The first-order valence-corrected chi connectivity index (χ1v) is 6.18. The molecular formula is C12H15ClOS. The summed E-state index contributed by atoms with van der Waals surface area (Å²) in [5.41, 5.74) is -0.270. The van der Waals surface area contributed by atoms with E-state index in [4.69, 9.17) is 11.6 Å². The predicted molar refractivity (Wildman–Crippen MR) is 66.6 cm³/mol. The smallest absolute Gasteiger partial charge is 0.148 e. The quantitative estimate of drug-likeness (QED) is 0.744. The fraction of sp³-hybridized carbons (Fsp3) is 0.417. The highest BCUT2D eigenvalue weighted by molar-refractivity contribution is 8.00. The summed E-state index contributed by atoms with van der Waals surface area (Å²) in [7, 11) is 0. The molecule has 0 aliphatic rings. The Hall–Kier alpha value is -0.470. The van der Waals surface area contributed by atoms with Crippen molar-refractivity contribution in [2.45, 2.75) is 25.7 Å². The zero-order chi connectivity index (χ0) is 11.5. The van der Waals surface area contributed by atoms with Crippen LogP contribution in [-0.2, 0) is 4.79 Å². The minimum atomic E-state index is -0.270. The summed E-state index contributed by atoms with van der Waals surface area (Å²) >= 11 is 7.49. The van der Waals surface area contributed by atoms with E-state index in [0.717, 1.165) is 4.90 Å². The van der Waals surface area contributed by atoms with Gasteiger partial charge < -0.3 is 0 Å². The van der Waals surface area contributed by atoms with Gasteiger partial charge in [0.2, 0.25) is 0 Å². The average Bonchev–Trinajstić information content (AvgIpc) is 2.14. The molecule has 0 bridgehead atoms. The van der Waals surface area contributed by atoms with Crippen LogP contribution in [0, 0.1) is 5.41 Å². The molecule has 0 saturated carbocycles. The number of thioether (sulfide) groups is 1. The van der Waals surface area contributed by atoms with E-state index < -0.39 is 0 Å². The van der Waals surface area contributed by atoms with Crippen LogP contribution in [0.4, 0.5) is 0 Å². The SMILES string of the molecule is CC(C)(C)C(=O)CSc1ccccc1Cl. The fourth-order valence-electron chi connectivity index (χ4n) is 0.922. The Bertz CT molecular complexity index is 355. The van der Waals surface area contributed by atoms with Gasteiger partial charge in [0.05, 0.1) is 10.8 Å². The number of hydrogen-bond acceptors (Lipinski definition) is 2. The molecule has 3 heteroatoms. The van der Waals surface area contributed by atoms with E-state index in [-0.39, 0.29) is 11.2 Å². The van der Waals surface area contributed by atoms with Crippen molar-refractivity contribution in [3.8, 4) is 0 Å². The maximum atomic E-state index is 11.7. The second-order valence-electron chi connectivity index (χ2n) is 4.39. The second-order valence-corrected chi connectivity index (χ2v) is 5.82. The van der Waals surface area contributed by atoms with Crippen molar-refractivity contribution >= 4 is 29.1 Å². The van der Waals surface area contributed by atoms with Crippen LogP contribution in [0.25, 0.3) is 0 Å². The maximum absolute atomic E-state index is 11.7. The number of carbonyl (C=O) groups is 1. The van der Waals surface area contributed by atoms with E-state index in [0.29, 0.717) is 10.8 Å². The van der Waals surface area contributed by atoms with Gasteiger partial charge in [-0.3, -0.25) is 4.79 Å². The summed E-state index contributed by atoms with van der Waals surface area (Å²) in [6.45, 7) is 5.80. The summed E-state index contributed by atoms with van der Waals surface area (Å²) < 4.78 is 0. The van der Waals surface area contributed by atoms with Gasteiger partial charge in [-0.2, -0.15) is 0 Å². The molecule has 0 amide bonds. The van der Waals surface area contributed by atoms with E-state index in [1.807, 2.05) is 45.0 Å². The van der Waals surface area contributed by atoms with Gasteiger partial charge in [0.1, 0.15) is 5.78 Å². The molecule has 1 nitrogen and oxygen atoms in total. The molecule has 0 aliphatic heterocycles. The summed E-state index contributed by atoms with van der Waals surface area (Å²) in [6.07, 6.45) is 0. The van der Waals surface area contributed by atoms with Crippen LogP contribution in [0.3, 0.4) is 0 Å². The van der Waals surface area contributed by atoms with Crippen LogP contribution < -0.4 is 0 Å². The average molecular weight is 243 g/mol. The van der Waals surface area contributed by atoms with Crippen molar-refractivity contribution in [2.75, 3.05) is 5.75 Å². The highest BCUT2D eigenvalue weighted by atomic mass is 35.5. The van der Waals surface area contributed by atoms with Gasteiger partial charge in [-0.1, -0.05) is 44.5 Å². The fourth-order valence-corrected chi connectivity index (χ4v) is 2.32. The first-order valence-electron chi connectivity index (χ1n) is 4.82. The molecule has 0 aliphatic carbocycles. The number of carbonyl (C=O) groups excluding carboxylic acids is 1. The van der Waals surface area contributed by atoms with Crippen molar-refractivity contribution in [2.24, 2.45) is 5.41 Å². The Morgan fingerprint density at radius 2 is 1.93 bits per heavy atom. The molecule has 0 unspecified atom stereocenters. The molecule has 1 aromatic carbocycles. The van der Waals surface area contributed by atoms with Gasteiger partial charge >= 0.3 is 0 Å². The van der Waals surface area contributed by atoms with Crippen LogP contribution in [-0.4, -0.2) is 11.5 Å². The number of Topliss-reactive ketones (excluding diaryl/α,β-unsaturated/α-hetero) is 1. The lowest BCUT2D eigenvalue weighted by Crippen LogP contribution is -2.21. The molecule has 82 valence electrons. The van der Waals surface area contributed by atoms with E-state index >= 15 is 0 Å². The number of rotatable bonds is 3. The summed E-state index contributed by atoms with van der Waals surface area (Å²) in [6, 6.07) is 7.59. The standard InChI is InChI=1S/C12H15ClOS/c1-12(2,3)11(14)8-15-10-7-5-4-6-9(10)13/h4-7H,8H2,1-3H3. The number of halogens is 1. The van der Waals surface area contributed by atoms with E-state index in [1.54, 1.807) is 0 Å². The van der Waals surface area contributed by atoms with Gasteiger partial charge in [-0.05, 0) is 12.1 Å². The third-order valence-corrected chi connectivity index (χ3v) is 3.55. The highest BCUT2D eigenvalue weighted by Crippen LogP contribution is 2.28. The van der Waals surface area contributed by atoms with Gasteiger partial charge in [0, 0.05) is 10.3 Å². The Balaban J connectivity index is 2.59. The van der Waals surface area contributed by atoms with Gasteiger partial charge in [-0.25, -0.2) is 0 Å². The Morgan fingerprint density at radius 1 is 1.33 bits per heavy atom. The molecule has 15 heavy (non-hydrogen) atoms. The van der Waals surface area contributed by atoms with Crippen LogP contribution in [0.1, 0.15) is 20.8 Å². The molecular weight excluding hydrogens is 228 g/mol. The van der Waals surface area contributed by atoms with E-state index in [9.17, 15) is 4.79 Å². The lowest BCUT2D eigenvalue weighted by molar-refractivity contribution is -0.123. The van der Waals surface area contributed by atoms with Crippen molar-refractivity contribution in [1.29, 1.82) is 0 Å². The minimum Gasteiger partial charge on any atom is -0.298 e. The van der Waals surface area contributed by atoms with Crippen LogP contribution in [0.15, 0.2) is 29.2 Å². The third kappa shape index (κ3) is 3.88. The van der Waals surface area contributed by atoms with Crippen molar-refractivity contribution in [3.63, 3.8) is 0 Å². The molecule has 0 heterocycles. The summed E-state index contributed by atoms with van der Waals surface area (Å²) in [5.74, 6) is 0.722. The van der Waals surface area contributed by atoms with E-state index in [1.165, 1.54) is 11.8 Å². The lowest BCUT2D eigenvalue weighted by atomic mass is 9.92. The van der Waals surface area contributed by atoms with Crippen LogP contribution >= 0.6 is 23.4 Å². The molecule has 1 aromatic rings. The molecule has 0 saturated heterocycles. The molecule has 0 N–H and O–H groups in total. The predicted octanol–water partition coefficient (Wildman–Crippen LogP) is 4.05. The van der Waals surface area contributed by atoms with Gasteiger partial charge in [0.25, 0.3) is 0 Å². The van der Waals surface area contributed by atoms with Crippen LogP contribution in [0.2, 0.25) is 5.02 Å². The van der Waals surface area contributed by atoms with Crippen molar-refractivity contribution in [3.05, 3.63) is 29.3 Å². The molecule has 1 rings (SSSR count). The first kappa shape index (κ1) is 12.6. The molecule has 0 spiro atoms. The molecule has 0 atom stereocenters. The lowest BCUT2D eigenvalue weighted by Gasteiger charge is -2.16. The number of ketones is 1. The first-order chi connectivity index (χ1) is 6.91. The van der Waals surface area contributed by atoms with E-state index in [2.05, 4.69) is 0 Å². The van der Waals surface area contributed by atoms with Crippen molar-refractivity contribution < 1.29 is 4.79 Å². The Labute approximate surface area is 100 Å². The Kier molecular flexibility index (Phi) is 4.23. The van der Waals surface area contributed by atoms with Crippen LogP contribution in [0.5, 0.6) is 0 Å². The normalized spacial score (nSPS) is 11.5. The zero-order valence-electron chi connectivity index (χ0n) is 9.21.